The fourth-order valence-corrected chi connectivity index (χ4v) is 9.35. The molecule has 6 unspecified atom stereocenters. The summed E-state index contributed by atoms with van der Waals surface area (Å²) in [6.07, 6.45) is 24.0. The molecule has 1 fully saturated rings. The summed E-state index contributed by atoms with van der Waals surface area (Å²) in [4.78, 5) is 55.9. The third-order valence-electron chi connectivity index (χ3n) is 14.2. The third kappa shape index (κ3) is 34.2. The van der Waals surface area contributed by atoms with Gasteiger partial charge in [-0.3, -0.25) is 19.2 Å². The standard InChI is InChI=1S/C57H107NO8/c1-44(2)21-15-24-47(7)27-18-30-50(10)37-54(60)64-41-57(40-63-53(59)33-36-58-34-13-14-35-58,42-65-55(61)38-51(11)31-19-28-48(8)25-16-22-45(3)4)43-66-56(62)39-52(12)32-20-29-49(9)26-17-23-46(5)6/h44-52H,13-43H2,1-12H3. The molecule has 0 aliphatic carbocycles. The maximum absolute atomic E-state index is 13.5. The summed E-state index contributed by atoms with van der Waals surface area (Å²) in [5, 5.41) is 0. The second-order valence-electron chi connectivity index (χ2n) is 23.5. The predicted molar refractivity (Wildman–Crippen MR) is 273 cm³/mol. The lowest BCUT2D eigenvalue weighted by Crippen LogP contribution is -2.44. The molecule has 9 nitrogen and oxygen atoms in total. The van der Waals surface area contributed by atoms with Crippen LogP contribution in [-0.2, 0) is 38.1 Å². The number of carbonyl (C=O) groups excluding carboxylic acids is 4. The molecule has 66 heavy (non-hydrogen) atoms. The number of ether oxygens (including phenoxy) is 4. The molecule has 0 N–H and O–H groups in total. The molecule has 0 radical (unpaired) electrons. The van der Waals surface area contributed by atoms with Crippen molar-refractivity contribution in [3.05, 3.63) is 0 Å². The molecule has 0 bridgehead atoms. The molecule has 9 heteroatoms. The Morgan fingerprint density at radius 3 is 0.924 bits per heavy atom. The van der Waals surface area contributed by atoms with E-state index in [1.54, 1.807) is 0 Å². The molecular weight excluding hydrogens is 827 g/mol. The van der Waals surface area contributed by atoms with Crippen LogP contribution in [0.25, 0.3) is 0 Å². The van der Waals surface area contributed by atoms with Gasteiger partial charge in [-0.05, 0) is 79.2 Å². The summed E-state index contributed by atoms with van der Waals surface area (Å²) in [6, 6.07) is 0. The first-order valence-electron chi connectivity index (χ1n) is 27.6. The zero-order valence-electron chi connectivity index (χ0n) is 45.3. The van der Waals surface area contributed by atoms with Crippen molar-refractivity contribution in [2.24, 2.45) is 58.7 Å². The highest BCUT2D eigenvalue weighted by molar-refractivity contribution is 5.71. The van der Waals surface area contributed by atoms with Crippen LogP contribution in [0.2, 0.25) is 0 Å². The maximum atomic E-state index is 13.5. The van der Waals surface area contributed by atoms with Crippen molar-refractivity contribution in [2.45, 2.75) is 237 Å². The highest BCUT2D eigenvalue weighted by Gasteiger charge is 2.38. The fourth-order valence-electron chi connectivity index (χ4n) is 9.35. The largest absolute Gasteiger partial charge is 0.465 e. The lowest BCUT2D eigenvalue weighted by atomic mass is 9.91. The van der Waals surface area contributed by atoms with Crippen molar-refractivity contribution in [1.82, 2.24) is 4.90 Å². The van der Waals surface area contributed by atoms with Crippen molar-refractivity contribution < 1.29 is 38.1 Å². The van der Waals surface area contributed by atoms with E-state index in [0.29, 0.717) is 24.3 Å². The van der Waals surface area contributed by atoms with E-state index in [0.717, 1.165) is 101 Å². The minimum Gasteiger partial charge on any atom is -0.465 e. The molecular formula is C57H107NO8. The Morgan fingerprint density at radius 2 is 0.636 bits per heavy atom. The third-order valence-corrected chi connectivity index (χ3v) is 14.2. The van der Waals surface area contributed by atoms with Gasteiger partial charge in [0, 0.05) is 25.8 Å². The Balaban J connectivity index is 3.06. The zero-order chi connectivity index (χ0) is 49.3. The van der Waals surface area contributed by atoms with Crippen LogP contribution >= 0.6 is 0 Å². The van der Waals surface area contributed by atoms with E-state index in [-0.39, 0.29) is 93.7 Å². The average molecular weight is 934 g/mol. The Bertz CT molecular complexity index is 1140. The number of rotatable bonds is 41. The highest BCUT2D eigenvalue weighted by atomic mass is 16.6. The van der Waals surface area contributed by atoms with E-state index in [4.69, 9.17) is 18.9 Å². The second-order valence-corrected chi connectivity index (χ2v) is 23.5. The molecule has 0 aromatic carbocycles. The predicted octanol–water partition coefficient (Wildman–Crippen LogP) is 14.6. The minimum atomic E-state index is -1.25. The van der Waals surface area contributed by atoms with Gasteiger partial charge in [0.05, 0.1) is 6.42 Å². The van der Waals surface area contributed by atoms with Gasteiger partial charge >= 0.3 is 23.9 Å². The van der Waals surface area contributed by atoms with Gasteiger partial charge in [-0.1, -0.05) is 199 Å². The van der Waals surface area contributed by atoms with Crippen molar-refractivity contribution in [2.75, 3.05) is 46.1 Å². The molecule has 0 aromatic heterocycles. The monoisotopic (exact) mass is 934 g/mol. The lowest BCUT2D eigenvalue weighted by molar-refractivity contribution is -0.171. The van der Waals surface area contributed by atoms with Gasteiger partial charge in [0.15, 0.2) is 0 Å². The molecule has 0 spiro atoms. The highest BCUT2D eigenvalue weighted by Crippen LogP contribution is 2.27. The summed E-state index contributed by atoms with van der Waals surface area (Å²) in [7, 11) is 0. The second kappa shape index (κ2) is 36.8. The van der Waals surface area contributed by atoms with Crippen molar-refractivity contribution in [1.29, 1.82) is 0 Å². The summed E-state index contributed by atoms with van der Waals surface area (Å²) < 4.78 is 23.9. The van der Waals surface area contributed by atoms with Gasteiger partial charge in [0.2, 0.25) is 0 Å². The number of hydrogen-bond donors (Lipinski definition) is 0. The normalized spacial score (nSPS) is 17.0. The molecule has 1 rings (SSSR count). The van der Waals surface area contributed by atoms with Gasteiger partial charge in [-0.15, -0.1) is 0 Å². The minimum absolute atomic E-state index is 0.142. The van der Waals surface area contributed by atoms with Crippen LogP contribution in [-0.4, -0.2) is 74.8 Å². The first-order valence-corrected chi connectivity index (χ1v) is 27.6. The van der Waals surface area contributed by atoms with E-state index in [2.05, 4.69) is 88.0 Å². The molecule has 0 aromatic rings. The van der Waals surface area contributed by atoms with Gasteiger partial charge in [-0.2, -0.15) is 0 Å². The Labute approximate surface area is 407 Å². The number of carbonyl (C=O) groups is 4. The van der Waals surface area contributed by atoms with E-state index in [1.165, 1.54) is 57.8 Å². The Morgan fingerprint density at radius 1 is 0.379 bits per heavy atom. The van der Waals surface area contributed by atoms with Crippen molar-refractivity contribution in [3.63, 3.8) is 0 Å². The van der Waals surface area contributed by atoms with Crippen molar-refractivity contribution in [3.8, 4) is 0 Å². The first kappa shape index (κ1) is 61.9. The van der Waals surface area contributed by atoms with Crippen LogP contribution in [0.15, 0.2) is 0 Å². The fraction of sp³-hybridized carbons (Fsp3) is 0.930. The van der Waals surface area contributed by atoms with Crippen LogP contribution in [0.1, 0.15) is 237 Å². The smallest absolute Gasteiger partial charge is 0.307 e. The van der Waals surface area contributed by atoms with Crippen LogP contribution in [0, 0.1) is 58.7 Å². The van der Waals surface area contributed by atoms with E-state index in [9.17, 15) is 19.2 Å². The SMILES string of the molecule is CC(C)CCCC(C)CCCC(C)CC(=O)OCC(COC(=O)CCN1CCCC1)(COC(=O)CC(C)CCCC(C)CCCC(C)C)COC(=O)CC(C)CCCC(C)CCCC(C)C. The van der Waals surface area contributed by atoms with Gasteiger partial charge in [0.25, 0.3) is 0 Å². The lowest BCUT2D eigenvalue weighted by Gasteiger charge is -2.32. The molecule has 0 amide bonds. The number of likely N-dealkylation sites (tertiary alicyclic amines) is 1. The summed E-state index contributed by atoms with van der Waals surface area (Å²) in [6.45, 7) is 28.7. The zero-order valence-corrected chi connectivity index (χ0v) is 45.3. The molecule has 6 atom stereocenters. The quantitative estimate of drug-likeness (QED) is 0.0437. The Kier molecular flexibility index (Phi) is 34.5. The molecule has 1 saturated heterocycles. The number of nitrogens with zero attached hydrogens (tertiary/aromatic N) is 1. The van der Waals surface area contributed by atoms with Gasteiger partial charge in [-0.25, -0.2) is 0 Å². The molecule has 0 saturated carbocycles. The van der Waals surface area contributed by atoms with Crippen LogP contribution in [0.4, 0.5) is 0 Å². The topological polar surface area (TPSA) is 108 Å². The molecule has 388 valence electrons. The average Bonchev–Trinajstić information content (AvgIpc) is 3.76. The first-order chi connectivity index (χ1) is 31.3. The van der Waals surface area contributed by atoms with Crippen LogP contribution in [0.3, 0.4) is 0 Å². The van der Waals surface area contributed by atoms with Crippen LogP contribution < -0.4 is 0 Å². The number of esters is 4. The molecule has 1 heterocycles. The van der Waals surface area contributed by atoms with E-state index in [1.807, 2.05) is 0 Å². The summed E-state index contributed by atoms with van der Waals surface area (Å²) >= 11 is 0. The van der Waals surface area contributed by atoms with Gasteiger partial charge < -0.3 is 23.8 Å². The van der Waals surface area contributed by atoms with E-state index >= 15 is 0 Å². The van der Waals surface area contributed by atoms with Gasteiger partial charge in [0.1, 0.15) is 31.8 Å². The number of hydrogen-bond acceptors (Lipinski definition) is 9. The van der Waals surface area contributed by atoms with Crippen molar-refractivity contribution >= 4 is 23.9 Å². The molecule has 1 aliphatic heterocycles. The van der Waals surface area contributed by atoms with E-state index < -0.39 is 5.41 Å². The maximum Gasteiger partial charge on any atom is 0.307 e. The Hall–Kier alpha value is -2.16. The summed E-state index contributed by atoms with van der Waals surface area (Å²) in [5.74, 6) is 3.19. The van der Waals surface area contributed by atoms with Crippen LogP contribution in [0.5, 0.6) is 0 Å². The molecule has 1 aliphatic rings. The summed E-state index contributed by atoms with van der Waals surface area (Å²) in [5.41, 5.74) is -1.25.